The van der Waals surface area contributed by atoms with Crippen LogP contribution in [0.2, 0.25) is 0 Å². The van der Waals surface area contributed by atoms with Gasteiger partial charge < -0.3 is 19.5 Å². The molecule has 124 valence electrons. The van der Waals surface area contributed by atoms with Gasteiger partial charge in [0.2, 0.25) is 5.88 Å². The Bertz CT molecular complexity index is 1040. The summed E-state index contributed by atoms with van der Waals surface area (Å²) in [6.07, 6.45) is 3.39. The summed E-state index contributed by atoms with van der Waals surface area (Å²) in [5, 5.41) is 3.69. The highest BCUT2D eigenvalue weighted by molar-refractivity contribution is 9.10. The van der Waals surface area contributed by atoms with Crippen LogP contribution in [0.25, 0.3) is 10.9 Å². The Morgan fingerprint density at radius 2 is 2.08 bits per heavy atom. The van der Waals surface area contributed by atoms with Crippen LogP contribution in [0.1, 0.15) is 10.6 Å². The average molecular weight is 398 g/mol. The number of hydrogen-bond donors (Lipinski definition) is 2. The summed E-state index contributed by atoms with van der Waals surface area (Å²) in [6.45, 7) is 0. The van der Waals surface area contributed by atoms with Gasteiger partial charge in [0.1, 0.15) is 5.75 Å². The van der Waals surface area contributed by atoms with Crippen LogP contribution in [0.3, 0.4) is 0 Å². The zero-order valence-electron chi connectivity index (χ0n) is 12.8. The average Bonchev–Trinajstić information content (AvgIpc) is 3.26. The lowest BCUT2D eigenvalue weighted by Gasteiger charge is -2.07. The number of pyridine rings is 1. The van der Waals surface area contributed by atoms with E-state index in [4.69, 9.17) is 9.15 Å². The zero-order valence-corrected chi connectivity index (χ0v) is 14.4. The van der Waals surface area contributed by atoms with Gasteiger partial charge in [-0.1, -0.05) is 6.07 Å². The molecule has 0 saturated carbocycles. The molecule has 6 nitrogen and oxygen atoms in total. The molecule has 1 amide bonds. The lowest BCUT2D eigenvalue weighted by molar-refractivity contribution is 0.0995. The van der Waals surface area contributed by atoms with Crippen molar-refractivity contribution in [2.24, 2.45) is 0 Å². The molecule has 0 unspecified atom stereocenters. The number of carbonyl (C=O) groups excluding carboxylic acids is 1. The summed E-state index contributed by atoms with van der Waals surface area (Å²) in [5.41, 5.74) is 1.54. The molecule has 0 bridgehead atoms. The van der Waals surface area contributed by atoms with Crippen molar-refractivity contribution in [3.8, 4) is 11.6 Å². The number of furan rings is 1. The van der Waals surface area contributed by atoms with Crippen molar-refractivity contribution < 1.29 is 13.9 Å². The van der Waals surface area contributed by atoms with Crippen LogP contribution in [0.4, 0.5) is 5.69 Å². The van der Waals surface area contributed by atoms with Crippen molar-refractivity contribution in [3.63, 3.8) is 0 Å². The Kier molecular flexibility index (Phi) is 3.99. The lowest BCUT2D eigenvalue weighted by Crippen LogP contribution is -2.10. The number of amides is 1. The second kappa shape index (κ2) is 6.45. The van der Waals surface area contributed by atoms with Gasteiger partial charge in [-0.25, -0.2) is 4.98 Å². The van der Waals surface area contributed by atoms with Crippen LogP contribution < -0.4 is 10.1 Å². The largest absolute Gasteiger partial charge is 0.444 e. The van der Waals surface area contributed by atoms with Crippen LogP contribution in [-0.2, 0) is 0 Å². The second-order valence-corrected chi connectivity index (χ2v) is 6.02. The van der Waals surface area contributed by atoms with Crippen molar-refractivity contribution in [1.29, 1.82) is 0 Å². The predicted octanol–water partition coefficient (Wildman–Crippen LogP) is 4.96. The summed E-state index contributed by atoms with van der Waals surface area (Å²) in [5.74, 6) is 1.01. The van der Waals surface area contributed by atoms with Gasteiger partial charge in [-0.05, 0) is 52.3 Å². The van der Waals surface area contributed by atoms with Gasteiger partial charge in [-0.2, -0.15) is 0 Å². The third kappa shape index (κ3) is 3.27. The van der Waals surface area contributed by atoms with Crippen LogP contribution in [0.15, 0.2) is 70.0 Å². The number of hydrogen-bond acceptors (Lipinski definition) is 4. The highest BCUT2D eigenvalue weighted by atomic mass is 79.9. The van der Waals surface area contributed by atoms with E-state index < -0.39 is 0 Å². The van der Waals surface area contributed by atoms with Gasteiger partial charge in [0.05, 0.1) is 11.9 Å². The van der Waals surface area contributed by atoms with E-state index >= 15 is 0 Å². The van der Waals surface area contributed by atoms with E-state index in [1.165, 1.54) is 6.20 Å². The smallest absolute Gasteiger partial charge is 0.291 e. The minimum absolute atomic E-state index is 0.214. The van der Waals surface area contributed by atoms with Gasteiger partial charge >= 0.3 is 0 Å². The third-order valence-corrected chi connectivity index (χ3v) is 3.99. The van der Waals surface area contributed by atoms with Crippen LogP contribution in [-0.4, -0.2) is 15.9 Å². The number of aromatic nitrogens is 2. The third-order valence-electron chi connectivity index (χ3n) is 3.56. The number of fused-ring (bicyclic) bond motifs is 1. The highest BCUT2D eigenvalue weighted by Gasteiger charge is 2.11. The van der Waals surface area contributed by atoms with Crippen molar-refractivity contribution >= 4 is 38.4 Å². The van der Waals surface area contributed by atoms with Crippen molar-refractivity contribution in [1.82, 2.24) is 9.97 Å². The molecular weight excluding hydrogens is 386 g/mol. The molecule has 0 atom stereocenters. The second-order valence-electron chi connectivity index (χ2n) is 5.24. The maximum Gasteiger partial charge on any atom is 0.291 e. The number of halogens is 1. The van der Waals surface area contributed by atoms with Crippen LogP contribution in [0, 0.1) is 0 Å². The Morgan fingerprint density at radius 1 is 1.16 bits per heavy atom. The first-order chi connectivity index (χ1) is 12.2. The molecule has 4 aromatic rings. The molecule has 0 fully saturated rings. The van der Waals surface area contributed by atoms with E-state index in [9.17, 15) is 4.79 Å². The summed E-state index contributed by atoms with van der Waals surface area (Å²) >= 11 is 3.16. The summed E-state index contributed by atoms with van der Waals surface area (Å²) in [4.78, 5) is 19.4. The monoisotopic (exact) mass is 397 g/mol. The van der Waals surface area contributed by atoms with E-state index in [0.717, 1.165) is 10.9 Å². The molecule has 7 heteroatoms. The summed E-state index contributed by atoms with van der Waals surface area (Å²) in [7, 11) is 0. The van der Waals surface area contributed by atoms with Gasteiger partial charge in [0.15, 0.2) is 10.4 Å². The fraction of sp³-hybridized carbons (Fsp3) is 0. The van der Waals surface area contributed by atoms with Gasteiger partial charge in [-0.3, -0.25) is 4.79 Å². The van der Waals surface area contributed by atoms with Crippen LogP contribution in [0.5, 0.6) is 11.6 Å². The fourth-order valence-corrected chi connectivity index (χ4v) is 2.71. The quantitative estimate of drug-likeness (QED) is 0.509. The van der Waals surface area contributed by atoms with Crippen molar-refractivity contribution in [3.05, 3.63) is 71.4 Å². The van der Waals surface area contributed by atoms with Crippen molar-refractivity contribution in [2.75, 3.05) is 5.32 Å². The van der Waals surface area contributed by atoms with Crippen molar-refractivity contribution in [2.45, 2.75) is 0 Å². The predicted molar refractivity (Wildman–Crippen MR) is 97.0 cm³/mol. The van der Waals surface area contributed by atoms with Gasteiger partial charge in [-0.15, -0.1) is 0 Å². The Labute approximate surface area is 151 Å². The molecule has 0 aliphatic heterocycles. The number of nitrogens with zero attached hydrogens (tertiary/aromatic N) is 1. The Morgan fingerprint density at radius 3 is 2.84 bits per heavy atom. The Balaban J connectivity index is 1.48. The van der Waals surface area contributed by atoms with E-state index in [-0.39, 0.29) is 11.7 Å². The molecule has 4 rings (SSSR count). The molecular formula is C18H12BrN3O3. The van der Waals surface area contributed by atoms with Gasteiger partial charge in [0.25, 0.3) is 5.91 Å². The topological polar surface area (TPSA) is 80.1 Å². The first-order valence-corrected chi connectivity index (χ1v) is 8.25. The number of anilines is 1. The zero-order chi connectivity index (χ0) is 17.2. The normalized spacial score (nSPS) is 10.8. The number of nitrogens with one attached hydrogen (secondary N) is 2. The number of aromatic amines is 1. The van der Waals surface area contributed by atoms with E-state index in [2.05, 4.69) is 31.2 Å². The molecule has 2 N–H and O–H groups in total. The number of rotatable bonds is 4. The molecule has 0 aliphatic carbocycles. The first-order valence-electron chi connectivity index (χ1n) is 7.46. The maximum atomic E-state index is 12.0. The number of H-pyrrole nitrogens is 1. The highest BCUT2D eigenvalue weighted by Crippen LogP contribution is 2.28. The molecule has 25 heavy (non-hydrogen) atoms. The molecule has 0 radical (unpaired) electrons. The molecule has 1 aromatic carbocycles. The van der Waals surface area contributed by atoms with E-state index in [1.54, 1.807) is 24.3 Å². The molecule has 3 aromatic heterocycles. The molecule has 0 saturated heterocycles. The fourth-order valence-electron chi connectivity index (χ4n) is 2.40. The first kappa shape index (κ1) is 15.5. The Hall–Kier alpha value is -3.06. The minimum Gasteiger partial charge on any atom is -0.444 e. The molecule has 0 aliphatic rings. The van der Waals surface area contributed by atoms with Crippen LogP contribution >= 0.6 is 15.9 Å². The van der Waals surface area contributed by atoms with E-state index in [1.807, 2.05) is 30.5 Å². The molecule has 3 heterocycles. The van der Waals surface area contributed by atoms with E-state index in [0.29, 0.717) is 22.0 Å². The number of benzene rings is 1. The summed E-state index contributed by atoms with van der Waals surface area (Å²) < 4.78 is 11.5. The molecule has 0 spiro atoms. The summed E-state index contributed by atoms with van der Waals surface area (Å²) in [6, 6.07) is 14.4. The lowest BCUT2D eigenvalue weighted by atomic mass is 10.2. The SMILES string of the molecule is O=C(Nc1ccc(Oc2cccc3[nH]ccc23)nc1)c1ccc(Br)o1. The number of ether oxygens (including phenoxy) is 1. The minimum atomic E-state index is -0.349. The standard InChI is InChI=1S/C18H12BrN3O3/c19-16-6-5-15(24-16)18(23)22-11-4-7-17(21-10-11)25-14-3-1-2-13-12(14)8-9-20-13/h1-10,20H,(H,22,23). The maximum absolute atomic E-state index is 12.0. The number of carbonyl (C=O) groups is 1. The van der Waals surface area contributed by atoms with Gasteiger partial charge in [0, 0.05) is 23.2 Å².